The van der Waals surface area contributed by atoms with Crippen LogP contribution >= 0.6 is 11.6 Å². The minimum absolute atomic E-state index is 0.000100. The molecule has 1 amide bonds. The molecule has 1 fully saturated rings. The zero-order valence-corrected chi connectivity index (χ0v) is 20.6. The number of nitrogens with zero attached hydrogens (tertiary/aromatic N) is 1. The molecule has 4 aromatic rings. The third kappa shape index (κ3) is 5.73. The summed E-state index contributed by atoms with van der Waals surface area (Å²) in [6.45, 7) is 0. The number of hydrogen-bond donors (Lipinski definition) is 3. The molecule has 5 rings (SSSR count). The molecule has 0 radical (unpaired) electrons. The topological polar surface area (TPSA) is 91.3 Å². The SMILES string of the molecule is O=C(O)c1ccc(-c2cc(F)cc(C(=O)NC3CCC(Nc4ccnc5cc(Cl)ccc45)CC3)c2)cc1. The van der Waals surface area contributed by atoms with Gasteiger partial charge in [-0.25, -0.2) is 9.18 Å². The van der Waals surface area contributed by atoms with E-state index in [1.54, 1.807) is 24.4 Å². The van der Waals surface area contributed by atoms with Crippen molar-refractivity contribution < 1.29 is 19.1 Å². The van der Waals surface area contributed by atoms with Crippen molar-refractivity contribution in [3.05, 3.63) is 94.9 Å². The first-order chi connectivity index (χ1) is 17.9. The summed E-state index contributed by atoms with van der Waals surface area (Å²) in [5.74, 6) is -1.88. The number of carbonyl (C=O) groups excluding carboxylic acids is 1. The van der Waals surface area contributed by atoms with Crippen LogP contribution in [-0.4, -0.2) is 34.1 Å². The molecule has 0 aliphatic heterocycles. The summed E-state index contributed by atoms with van der Waals surface area (Å²) < 4.78 is 14.4. The number of pyridine rings is 1. The van der Waals surface area contributed by atoms with Crippen LogP contribution in [0.3, 0.4) is 0 Å². The molecule has 3 N–H and O–H groups in total. The standard InChI is InChI=1S/C29H25ClFN3O3/c30-21-5-10-25-26(11-12-32-27(25)16-21)33-23-6-8-24(9-7-23)34-28(35)20-13-19(14-22(31)15-20)17-1-3-18(4-2-17)29(36)37/h1-5,10-16,23-24H,6-9H2,(H,32,33)(H,34,35)(H,36,37). The van der Waals surface area contributed by atoms with Gasteiger partial charge >= 0.3 is 5.97 Å². The van der Waals surface area contributed by atoms with Crippen molar-refractivity contribution in [2.24, 2.45) is 0 Å². The third-order valence-electron chi connectivity index (χ3n) is 6.75. The van der Waals surface area contributed by atoms with E-state index in [1.165, 1.54) is 24.3 Å². The number of carbonyl (C=O) groups is 2. The first-order valence-corrected chi connectivity index (χ1v) is 12.5. The van der Waals surface area contributed by atoms with Gasteiger partial charge in [-0.1, -0.05) is 23.7 Å². The van der Waals surface area contributed by atoms with Crippen LogP contribution in [0.5, 0.6) is 0 Å². The Morgan fingerprint density at radius 1 is 0.865 bits per heavy atom. The van der Waals surface area contributed by atoms with E-state index < -0.39 is 11.8 Å². The zero-order valence-electron chi connectivity index (χ0n) is 19.9. The van der Waals surface area contributed by atoms with Crippen molar-refractivity contribution in [1.29, 1.82) is 0 Å². The Balaban J connectivity index is 1.21. The van der Waals surface area contributed by atoms with Gasteiger partial charge in [0.15, 0.2) is 0 Å². The fourth-order valence-corrected chi connectivity index (χ4v) is 4.98. The van der Waals surface area contributed by atoms with Crippen molar-refractivity contribution in [2.75, 3.05) is 5.32 Å². The van der Waals surface area contributed by atoms with E-state index >= 15 is 0 Å². The van der Waals surface area contributed by atoms with Gasteiger partial charge in [-0.2, -0.15) is 0 Å². The van der Waals surface area contributed by atoms with Crippen molar-refractivity contribution in [2.45, 2.75) is 37.8 Å². The lowest BCUT2D eigenvalue weighted by atomic mass is 9.90. The largest absolute Gasteiger partial charge is 0.478 e. The average molecular weight is 518 g/mol. The van der Waals surface area contributed by atoms with Crippen LogP contribution in [0.1, 0.15) is 46.4 Å². The maximum Gasteiger partial charge on any atom is 0.335 e. The second kappa shape index (κ2) is 10.6. The van der Waals surface area contributed by atoms with Crippen molar-refractivity contribution in [3.8, 4) is 11.1 Å². The lowest BCUT2D eigenvalue weighted by molar-refractivity contribution is 0.0696. The lowest BCUT2D eigenvalue weighted by Gasteiger charge is -2.30. The molecule has 0 spiro atoms. The van der Waals surface area contributed by atoms with Crippen LogP contribution in [0, 0.1) is 5.82 Å². The highest BCUT2D eigenvalue weighted by molar-refractivity contribution is 6.31. The van der Waals surface area contributed by atoms with Gasteiger partial charge < -0.3 is 15.7 Å². The smallest absolute Gasteiger partial charge is 0.335 e. The van der Waals surface area contributed by atoms with Gasteiger partial charge in [-0.15, -0.1) is 0 Å². The number of carboxylic acid groups (broad SMARTS) is 1. The summed E-state index contributed by atoms with van der Waals surface area (Å²) in [5, 5.41) is 17.4. The number of aromatic carboxylic acids is 1. The molecule has 6 nitrogen and oxygen atoms in total. The minimum atomic E-state index is -1.03. The van der Waals surface area contributed by atoms with E-state index in [0.29, 0.717) is 16.1 Å². The highest BCUT2D eigenvalue weighted by Crippen LogP contribution is 2.29. The zero-order chi connectivity index (χ0) is 25.9. The second-order valence-electron chi connectivity index (χ2n) is 9.30. The molecule has 1 heterocycles. The van der Waals surface area contributed by atoms with Crippen LogP contribution in [0.25, 0.3) is 22.0 Å². The summed E-state index contributed by atoms with van der Waals surface area (Å²) >= 11 is 6.09. The number of hydrogen-bond acceptors (Lipinski definition) is 4. The van der Waals surface area contributed by atoms with E-state index in [9.17, 15) is 14.0 Å². The molecule has 188 valence electrons. The molecule has 1 aromatic heterocycles. The molecule has 1 saturated carbocycles. The maximum atomic E-state index is 14.4. The molecule has 37 heavy (non-hydrogen) atoms. The number of amides is 1. The predicted molar refractivity (Wildman–Crippen MR) is 143 cm³/mol. The molecule has 0 atom stereocenters. The van der Waals surface area contributed by atoms with E-state index in [4.69, 9.17) is 16.7 Å². The third-order valence-corrected chi connectivity index (χ3v) is 6.99. The molecule has 8 heteroatoms. The molecule has 1 aliphatic carbocycles. The number of aromatic nitrogens is 1. The number of anilines is 1. The highest BCUT2D eigenvalue weighted by atomic mass is 35.5. The number of fused-ring (bicyclic) bond motifs is 1. The van der Waals surface area contributed by atoms with E-state index in [1.807, 2.05) is 24.3 Å². The van der Waals surface area contributed by atoms with Crippen molar-refractivity contribution in [1.82, 2.24) is 10.3 Å². The van der Waals surface area contributed by atoms with E-state index in [2.05, 4.69) is 15.6 Å². The van der Waals surface area contributed by atoms with Crippen LogP contribution in [0.2, 0.25) is 5.02 Å². The fourth-order valence-electron chi connectivity index (χ4n) is 4.81. The van der Waals surface area contributed by atoms with Crippen LogP contribution in [0.15, 0.2) is 72.9 Å². The van der Waals surface area contributed by atoms with Gasteiger partial charge in [0.1, 0.15) is 5.82 Å². The molecule has 3 aromatic carbocycles. The normalized spacial score (nSPS) is 17.4. The Kier molecular flexibility index (Phi) is 7.06. The number of carboxylic acids is 1. The fraction of sp³-hybridized carbons (Fsp3) is 0.207. The highest BCUT2D eigenvalue weighted by Gasteiger charge is 2.23. The Bertz CT molecular complexity index is 1470. The van der Waals surface area contributed by atoms with Gasteiger partial charge in [0.2, 0.25) is 0 Å². The van der Waals surface area contributed by atoms with Crippen LogP contribution < -0.4 is 10.6 Å². The van der Waals surface area contributed by atoms with Crippen molar-refractivity contribution >= 4 is 40.1 Å². The Labute approximate surface area is 218 Å². The van der Waals surface area contributed by atoms with Gasteiger partial charge in [0.25, 0.3) is 5.91 Å². The van der Waals surface area contributed by atoms with Gasteiger partial charge in [0, 0.05) is 39.9 Å². The van der Waals surface area contributed by atoms with E-state index in [-0.39, 0.29) is 29.1 Å². The molecule has 0 bridgehead atoms. The summed E-state index contributed by atoms with van der Waals surface area (Å²) in [6.07, 6.45) is 5.13. The van der Waals surface area contributed by atoms with Crippen molar-refractivity contribution in [3.63, 3.8) is 0 Å². The summed E-state index contributed by atoms with van der Waals surface area (Å²) in [5.41, 5.74) is 3.38. The average Bonchev–Trinajstić information content (AvgIpc) is 2.89. The van der Waals surface area contributed by atoms with Crippen LogP contribution in [-0.2, 0) is 0 Å². The number of halogens is 2. The van der Waals surface area contributed by atoms with Gasteiger partial charge in [0.05, 0.1) is 11.1 Å². The van der Waals surface area contributed by atoms with E-state index in [0.717, 1.165) is 42.3 Å². The van der Waals surface area contributed by atoms with Crippen LogP contribution in [0.4, 0.5) is 10.1 Å². The minimum Gasteiger partial charge on any atom is -0.478 e. The Morgan fingerprint density at radius 2 is 1.59 bits per heavy atom. The van der Waals surface area contributed by atoms with Gasteiger partial charge in [-0.05, 0) is 91.4 Å². The lowest BCUT2D eigenvalue weighted by Crippen LogP contribution is -2.40. The molecule has 0 unspecified atom stereocenters. The number of nitrogens with one attached hydrogen (secondary N) is 2. The quantitative estimate of drug-likeness (QED) is 0.270. The summed E-state index contributed by atoms with van der Waals surface area (Å²) in [6, 6.07) is 18.2. The summed E-state index contributed by atoms with van der Waals surface area (Å²) in [7, 11) is 0. The number of rotatable bonds is 6. The Hall–Kier alpha value is -3.97. The molecular formula is C29H25ClFN3O3. The Morgan fingerprint density at radius 3 is 2.32 bits per heavy atom. The predicted octanol–water partition coefficient (Wildman–Crippen LogP) is 6.55. The molecule has 0 saturated heterocycles. The second-order valence-corrected chi connectivity index (χ2v) is 9.73. The molecule has 1 aliphatic rings. The summed E-state index contributed by atoms with van der Waals surface area (Å²) in [4.78, 5) is 28.4. The molecular weight excluding hydrogens is 493 g/mol. The first kappa shape index (κ1) is 24.7. The number of benzene rings is 3. The maximum absolute atomic E-state index is 14.4. The first-order valence-electron chi connectivity index (χ1n) is 12.1. The van der Waals surface area contributed by atoms with Gasteiger partial charge in [-0.3, -0.25) is 9.78 Å². The monoisotopic (exact) mass is 517 g/mol.